The molecule has 0 radical (unpaired) electrons. The van der Waals surface area contributed by atoms with Crippen LogP contribution in [0.4, 0.5) is 5.69 Å². The number of nitrogens with zero attached hydrogens (tertiary/aromatic N) is 1. The summed E-state index contributed by atoms with van der Waals surface area (Å²) in [6, 6.07) is 6.52. The van der Waals surface area contributed by atoms with Crippen LogP contribution < -0.4 is 15.4 Å². The van der Waals surface area contributed by atoms with Crippen LogP contribution >= 0.6 is 0 Å². The van der Waals surface area contributed by atoms with Crippen molar-refractivity contribution in [2.45, 2.75) is 12.1 Å². The number of fused-ring (bicyclic) bond motifs is 1. The minimum Gasteiger partial charge on any atom is -0.477 e. The van der Waals surface area contributed by atoms with E-state index in [1.807, 2.05) is 12.1 Å². The van der Waals surface area contributed by atoms with Crippen molar-refractivity contribution in [1.82, 2.24) is 0 Å². The second-order valence-electron chi connectivity index (χ2n) is 3.75. The van der Waals surface area contributed by atoms with Crippen molar-refractivity contribution >= 4 is 11.6 Å². The van der Waals surface area contributed by atoms with E-state index in [1.54, 1.807) is 19.2 Å². The normalized spacial score (nSPS) is 21.3. The third kappa shape index (κ3) is 1.64. The maximum atomic E-state index is 11.9. The summed E-state index contributed by atoms with van der Waals surface area (Å²) in [6.45, 7) is -0.285. The van der Waals surface area contributed by atoms with Gasteiger partial charge in [-0.2, -0.15) is 0 Å². The Morgan fingerprint density at radius 2 is 2.25 bits per heavy atom. The fraction of sp³-hybridized carbons (Fsp3) is 0.364. The van der Waals surface area contributed by atoms with E-state index in [-0.39, 0.29) is 12.5 Å². The Morgan fingerprint density at radius 1 is 1.56 bits per heavy atom. The molecule has 0 saturated carbocycles. The SMILES string of the molecule is CN1C(=O)C(C(N)CO)Oc2ccccc21. The maximum absolute atomic E-state index is 11.9. The van der Waals surface area contributed by atoms with Crippen molar-refractivity contribution < 1.29 is 14.6 Å². The average molecular weight is 222 g/mol. The summed E-state index contributed by atoms with van der Waals surface area (Å²) in [5.41, 5.74) is 6.35. The van der Waals surface area contributed by atoms with Gasteiger partial charge >= 0.3 is 0 Å². The highest BCUT2D eigenvalue weighted by molar-refractivity contribution is 5.99. The lowest BCUT2D eigenvalue weighted by Gasteiger charge is -2.33. The maximum Gasteiger partial charge on any atom is 0.269 e. The van der Waals surface area contributed by atoms with Gasteiger partial charge in [0.05, 0.1) is 18.3 Å². The van der Waals surface area contributed by atoms with Gasteiger partial charge in [0.25, 0.3) is 5.91 Å². The predicted molar refractivity (Wildman–Crippen MR) is 59.3 cm³/mol. The second-order valence-corrected chi connectivity index (χ2v) is 3.75. The Balaban J connectivity index is 2.35. The molecule has 1 aliphatic rings. The number of carbonyl (C=O) groups is 1. The zero-order valence-corrected chi connectivity index (χ0v) is 8.96. The molecule has 0 bridgehead atoms. The van der Waals surface area contributed by atoms with Crippen LogP contribution in [0.25, 0.3) is 0 Å². The van der Waals surface area contributed by atoms with Crippen LogP contribution in [0.5, 0.6) is 5.75 Å². The molecule has 86 valence electrons. The molecule has 1 heterocycles. The topological polar surface area (TPSA) is 75.8 Å². The first-order valence-electron chi connectivity index (χ1n) is 5.05. The van der Waals surface area contributed by atoms with Gasteiger partial charge in [0.1, 0.15) is 5.75 Å². The summed E-state index contributed by atoms with van der Waals surface area (Å²) in [5, 5.41) is 8.96. The molecule has 0 aliphatic carbocycles. The van der Waals surface area contributed by atoms with E-state index in [0.29, 0.717) is 11.4 Å². The molecule has 5 nitrogen and oxygen atoms in total. The molecule has 1 amide bonds. The summed E-state index contributed by atoms with van der Waals surface area (Å²) in [6.07, 6.45) is -0.815. The number of rotatable bonds is 2. The number of aliphatic hydroxyl groups excluding tert-OH is 1. The minimum atomic E-state index is -0.815. The van der Waals surface area contributed by atoms with E-state index in [1.165, 1.54) is 4.90 Å². The number of ether oxygens (including phenoxy) is 1. The number of para-hydroxylation sites is 2. The molecule has 0 saturated heterocycles. The largest absolute Gasteiger partial charge is 0.477 e. The van der Waals surface area contributed by atoms with Crippen molar-refractivity contribution in [1.29, 1.82) is 0 Å². The molecule has 1 aromatic carbocycles. The average Bonchev–Trinajstić information content (AvgIpc) is 2.33. The van der Waals surface area contributed by atoms with Gasteiger partial charge in [0.2, 0.25) is 0 Å². The summed E-state index contributed by atoms with van der Waals surface area (Å²) >= 11 is 0. The molecule has 2 unspecified atom stereocenters. The molecule has 5 heteroatoms. The molecule has 0 aromatic heterocycles. The first-order valence-corrected chi connectivity index (χ1v) is 5.05. The number of likely N-dealkylation sites (N-methyl/N-ethyl adjacent to an activating group) is 1. The molecular formula is C11H14N2O3. The number of nitrogens with two attached hydrogens (primary N) is 1. The van der Waals surface area contributed by atoms with Crippen molar-refractivity contribution in [3.05, 3.63) is 24.3 Å². The van der Waals surface area contributed by atoms with E-state index in [0.717, 1.165) is 0 Å². The summed E-state index contributed by atoms with van der Waals surface area (Å²) < 4.78 is 5.49. The quantitative estimate of drug-likeness (QED) is 0.722. The number of aliphatic hydroxyl groups is 1. The molecule has 3 N–H and O–H groups in total. The van der Waals surface area contributed by atoms with Crippen LogP contribution in [0.15, 0.2) is 24.3 Å². The molecule has 1 aromatic rings. The molecule has 1 aliphatic heterocycles. The molecule has 2 rings (SSSR count). The smallest absolute Gasteiger partial charge is 0.269 e. The molecule has 0 spiro atoms. The first kappa shape index (κ1) is 10.9. The van der Waals surface area contributed by atoms with E-state index < -0.39 is 12.1 Å². The standard InChI is InChI=1S/C11H14N2O3/c1-13-8-4-2-3-5-9(8)16-10(11(13)15)7(12)6-14/h2-5,7,10,14H,6,12H2,1H3. The Morgan fingerprint density at radius 3 is 2.94 bits per heavy atom. The summed E-state index contributed by atoms with van der Waals surface area (Å²) in [5.74, 6) is 0.374. The highest BCUT2D eigenvalue weighted by Crippen LogP contribution is 2.32. The lowest BCUT2D eigenvalue weighted by Crippen LogP contribution is -2.54. The molecule has 16 heavy (non-hydrogen) atoms. The number of amides is 1. The minimum absolute atomic E-state index is 0.236. The second kappa shape index (κ2) is 4.11. The third-order valence-electron chi connectivity index (χ3n) is 2.65. The fourth-order valence-electron chi connectivity index (χ4n) is 1.70. The van der Waals surface area contributed by atoms with E-state index >= 15 is 0 Å². The van der Waals surface area contributed by atoms with Crippen LogP contribution in [-0.2, 0) is 4.79 Å². The van der Waals surface area contributed by atoms with E-state index in [9.17, 15) is 4.79 Å². The van der Waals surface area contributed by atoms with E-state index in [2.05, 4.69) is 0 Å². The van der Waals surface area contributed by atoms with Crippen LogP contribution in [0.1, 0.15) is 0 Å². The molecule has 0 fully saturated rings. The number of carbonyl (C=O) groups excluding carboxylic acids is 1. The fourth-order valence-corrected chi connectivity index (χ4v) is 1.70. The summed E-state index contributed by atoms with van der Waals surface area (Å²) in [4.78, 5) is 13.4. The Hall–Kier alpha value is -1.59. The number of anilines is 1. The van der Waals surface area contributed by atoms with E-state index in [4.69, 9.17) is 15.6 Å². The monoisotopic (exact) mass is 222 g/mol. The highest BCUT2D eigenvalue weighted by Gasteiger charge is 2.35. The van der Waals surface area contributed by atoms with Crippen molar-refractivity contribution in [3.8, 4) is 5.75 Å². The molecular weight excluding hydrogens is 208 g/mol. The number of hydrogen-bond donors (Lipinski definition) is 2. The van der Waals surface area contributed by atoms with Gasteiger partial charge in [-0.1, -0.05) is 12.1 Å². The van der Waals surface area contributed by atoms with Gasteiger partial charge in [-0.25, -0.2) is 0 Å². The Labute approximate surface area is 93.4 Å². The van der Waals surface area contributed by atoms with Crippen LogP contribution in [0, 0.1) is 0 Å². The van der Waals surface area contributed by atoms with Crippen LogP contribution in [-0.4, -0.2) is 36.8 Å². The van der Waals surface area contributed by atoms with Crippen LogP contribution in [0.3, 0.4) is 0 Å². The third-order valence-corrected chi connectivity index (χ3v) is 2.65. The van der Waals surface area contributed by atoms with Gasteiger partial charge < -0.3 is 20.5 Å². The van der Waals surface area contributed by atoms with Crippen LogP contribution in [0.2, 0.25) is 0 Å². The van der Waals surface area contributed by atoms with Gasteiger partial charge in [-0.05, 0) is 12.1 Å². The highest BCUT2D eigenvalue weighted by atomic mass is 16.5. The Bertz CT molecular complexity index is 408. The number of benzene rings is 1. The predicted octanol–water partition coefficient (Wildman–Crippen LogP) is -0.270. The van der Waals surface area contributed by atoms with Crippen molar-refractivity contribution in [2.24, 2.45) is 5.73 Å². The Kier molecular flexibility index (Phi) is 2.80. The van der Waals surface area contributed by atoms with Gasteiger partial charge in [-0.3, -0.25) is 4.79 Å². The van der Waals surface area contributed by atoms with Crippen molar-refractivity contribution in [3.63, 3.8) is 0 Å². The van der Waals surface area contributed by atoms with Gasteiger partial charge in [0.15, 0.2) is 6.10 Å². The zero-order valence-electron chi connectivity index (χ0n) is 8.96. The molecule has 2 atom stereocenters. The van der Waals surface area contributed by atoms with Crippen molar-refractivity contribution in [2.75, 3.05) is 18.6 Å². The lowest BCUT2D eigenvalue weighted by atomic mass is 10.1. The van der Waals surface area contributed by atoms with Gasteiger partial charge in [0, 0.05) is 7.05 Å². The lowest BCUT2D eigenvalue weighted by molar-refractivity contribution is -0.127. The zero-order chi connectivity index (χ0) is 11.7. The summed E-state index contributed by atoms with van der Waals surface area (Å²) in [7, 11) is 1.67. The van der Waals surface area contributed by atoms with Gasteiger partial charge in [-0.15, -0.1) is 0 Å². The first-order chi connectivity index (χ1) is 7.65. The number of hydrogen-bond acceptors (Lipinski definition) is 4.